The van der Waals surface area contributed by atoms with Gasteiger partial charge in [0.25, 0.3) is 5.56 Å². The van der Waals surface area contributed by atoms with E-state index in [-0.39, 0.29) is 18.2 Å². The van der Waals surface area contributed by atoms with Crippen LogP contribution >= 0.6 is 0 Å². The highest BCUT2D eigenvalue weighted by Gasteiger charge is 2.18. The van der Waals surface area contributed by atoms with Gasteiger partial charge in [0, 0.05) is 18.0 Å². The molecule has 130 valence electrons. The Labute approximate surface area is 147 Å². The number of anilines is 1. The summed E-state index contributed by atoms with van der Waals surface area (Å²) in [6.07, 6.45) is 2.54. The third-order valence-electron chi connectivity index (χ3n) is 4.48. The number of nitrogens with zero attached hydrogens (tertiary/aromatic N) is 3. The van der Waals surface area contributed by atoms with Crippen molar-refractivity contribution in [3.05, 3.63) is 76.3 Å². The van der Waals surface area contributed by atoms with Crippen LogP contribution in [-0.4, -0.2) is 27.1 Å². The minimum atomic E-state index is -0.0891. The van der Waals surface area contributed by atoms with Crippen LogP contribution in [0.4, 0.5) is 5.69 Å². The standard InChI is InChI=1S/C20H23N3O2/c1-3-17(14-24)23(18-9-5-4-6-10-18)13-16-12-19(25)22-11-7-8-15(2)20(22)21-16/h4-12,17,24H,3,13-14H2,1-2H3. The Balaban J connectivity index is 2.04. The third-order valence-corrected chi connectivity index (χ3v) is 4.48. The molecule has 0 aliphatic rings. The molecular weight excluding hydrogens is 314 g/mol. The number of rotatable bonds is 6. The summed E-state index contributed by atoms with van der Waals surface area (Å²) in [4.78, 5) is 19.2. The molecule has 0 radical (unpaired) electrons. The maximum absolute atomic E-state index is 12.4. The molecule has 5 heteroatoms. The van der Waals surface area contributed by atoms with Crippen molar-refractivity contribution in [1.82, 2.24) is 9.38 Å². The fourth-order valence-corrected chi connectivity index (χ4v) is 3.06. The molecular formula is C20H23N3O2. The van der Waals surface area contributed by atoms with Gasteiger partial charge in [-0.15, -0.1) is 0 Å². The number of fused-ring (bicyclic) bond motifs is 1. The first-order chi connectivity index (χ1) is 12.1. The summed E-state index contributed by atoms with van der Waals surface area (Å²) < 4.78 is 1.56. The van der Waals surface area contributed by atoms with Gasteiger partial charge >= 0.3 is 0 Å². The molecule has 1 N–H and O–H groups in total. The summed E-state index contributed by atoms with van der Waals surface area (Å²) in [5.74, 6) is 0. The number of pyridine rings is 1. The third kappa shape index (κ3) is 3.56. The molecule has 0 fully saturated rings. The minimum Gasteiger partial charge on any atom is -0.394 e. The average Bonchev–Trinajstić information content (AvgIpc) is 2.63. The molecule has 5 nitrogen and oxygen atoms in total. The molecule has 0 aliphatic heterocycles. The van der Waals surface area contributed by atoms with E-state index in [1.807, 2.05) is 56.3 Å². The fraction of sp³-hybridized carbons (Fsp3) is 0.300. The van der Waals surface area contributed by atoms with Gasteiger partial charge < -0.3 is 10.0 Å². The number of hydrogen-bond acceptors (Lipinski definition) is 4. The number of benzene rings is 1. The highest BCUT2D eigenvalue weighted by Crippen LogP contribution is 2.20. The molecule has 2 heterocycles. The zero-order chi connectivity index (χ0) is 17.8. The van der Waals surface area contributed by atoms with E-state index in [0.717, 1.165) is 17.7 Å². The molecule has 0 saturated heterocycles. The van der Waals surface area contributed by atoms with Crippen LogP contribution in [0, 0.1) is 6.92 Å². The first-order valence-corrected chi connectivity index (χ1v) is 8.54. The van der Waals surface area contributed by atoms with Gasteiger partial charge in [0.1, 0.15) is 5.65 Å². The number of para-hydroxylation sites is 1. The maximum Gasteiger partial charge on any atom is 0.258 e. The summed E-state index contributed by atoms with van der Waals surface area (Å²) in [5.41, 5.74) is 3.26. The summed E-state index contributed by atoms with van der Waals surface area (Å²) in [5, 5.41) is 9.78. The Morgan fingerprint density at radius 1 is 1.20 bits per heavy atom. The van der Waals surface area contributed by atoms with E-state index < -0.39 is 0 Å². The van der Waals surface area contributed by atoms with Crippen molar-refractivity contribution < 1.29 is 5.11 Å². The zero-order valence-electron chi connectivity index (χ0n) is 14.6. The molecule has 1 unspecified atom stereocenters. The van der Waals surface area contributed by atoms with E-state index in [1.54, 1.807) is 16.7 Å². The second-order valence-electron chi connectivity index (χ2n) is 6.18. The van der Waals surface area contributed by atoms with Crippen LogP contribution in [0.2, 0.25) is 0 Å². The highest BCUT2D eigenvalue weighted by molar-refractivity contribution is 5.49. The van der Waals surface area contributed by atoms with E-state index >= 15 is 0 Å². The van der Waals surface area contributed by atoms with Crippen LogP contribution in [-0.2, 0) is 6.54 Å². The monoisotopic (exact) mass is 337 g/mol. The van der Waals surface area contributed by atoms with E-state index in [0.29, 0.717) is 17.9 Å². The summed E-state index contributed by atoms with van der Waals surface area (Å²) in [6, 6.07) is 15.3. The lowest BCUT2D eigenvalue weighted by atomic mass is 10.1. The Morgan fingerprint density at radius 3 is 2.64 bits per heavy atom. The van der Waals surface area contributed by atoms with Gasteiger partial charge in [0.15, 0.2) is 0 Å². The number of hydrogen-bond donors (Lipinski definition) is 1. The molecule has 0 saturated carbocycles. The molecule has 1 atom stereocenters. The van der Waals surface area contributed by atoms with Gasteiger partial charge in [-0.3, -0.25) is 9.20 Å². The van der Waals surface area contributed by atoms with E-state index in [1.165, 1.54) is 0 Å². The van der Waals surface area contributed by atoms with Crippen LogP contribution in [0.15, 0.2) is 59.5 Å². The molecule has 0 spiro atoms. The molecule has 0 bridgehead atoms. The maximum atomic E-state index is 12.4. The predicted molar refractivity (Wildman–Crippen MR) is 100.0 cm³/mol. The van der Waals surface area contributed by atoms with Crippen molar-refractivity contribution >= 4 is 11.3 Å². The quantitative estimate of drug-likeness (QED) is 0.751. The lowest BCUT2D eigenvalue weighted by Gasteiger charge is -2.31. The summed E-state index contributed by atoms with van der Waals surface area (Å²) in [6.45, 7) is 4.52. The van der Waals surface area contributed by atoms with Crippen molar-refractivity contribution in [2.75, 3.05) is 11.5 Å². The largest absolute Gasteiger partial charge is 0.394 e. The molecule has 0 aliphatic carbocycles. The number of aliphatic hydroxyl groups excluding tert-OH is 1. The lowest BCUT2D eigenvalue weighted by Crippen LogP contribution is -2.37. The van der Waals surface area contributed by atoms with Crippen molar-refractivity contribution in [1.29, 1.82) is 0 Å². The van der Waals surface area contributed by atoms with Crippen molar-refractivity contribution in [3.63, 3.8) is 0 Å². The second-order valence-corrected chi connectivity index (χ2v) is 6.18. The molecule has 3 rings (SSSR count). The second kappa shape index (κ2) is 7.49. The first-order valence-electron chi connectivity index (χ1n) is 8.54. The van der Waals surface area contributed by atoms with Gasteiger partial charge in [-0.05, 0) is 37.1 Å². The van der Waals surface area contributed by atoms with Crippen LogP contribution < -0.4 is 10.5 Å². The van der Waals surface area contributed by atoms with E-state index in [2.05, 4.69) is 4.90 Å². The number of aryl methyl sites for hydroxylation is 1. The van der Waals surface area contributed by atoms with Gasteiger partial charge in [0.05, 0.1) is 24.9 Å². The molecule has 1 aromatic carbocycles. The summed E-state index contributed by atoms with van der Waals surface area (Å²) >= 11 is 0. The van der Waals surface area contributed by atoms with Gasteiger partial charge in [-0.2, -0.15) is 0 Å². The van der Waals surface area contributed by atoms with Crippen LogP contribution in [0.25, 0.3) is 5.65 Å². The van der Waals surface area contributed by atoms with Crippen molar-refractivity contribution in [2.45, 2.75) is 32.9 Å². The molecule has 25 heavy (non-hydrogen) atoms. The van der Waals surface area contributed by atoms with Crippen LogP contribution in [0.3, 0.4) is 0 Å². The fourth-order valence-electron chi connectivity index (χ4n) is 3.06. The van der Waals surface area contributed by atoms with E-state index in [4.69, 9.17) is 4.98 Å². The average molecular weight is 337 g/mol. The molecule has 0 amide bonds. The number of aliphatic hydroxyl groups is 1. The smallest absolute Gasteiger partial charge is 0.258 e. The lowest BCUT2D eigenvalue weighted by molar-refractivity contribution is 0.255. The van der Waals surface area contributed by atoms with Crippen LogP contribution in [0.1, 0.15) is 24.6 Å². The number of aromatic nitrogens is 2. The SMILES string of the molecule is CCC(CO)N(Cc1cc(=O)n2cccc(C)c2n1)c1ccccc1. The Bertz CT molecular complexity index is 902. The topological polar surface area (TPSA) is 57.8 Å². The minimum absolute atomic E-state index is 0.0282. The Morgan fingerprint density at radius 2 is 1.96 bits per heavy atom. The van der Waals surface area contributed by atoms with Crippen molar-refractivity contribution in [3.8, 4) is 0 Å². The zero-order valence-corrected chi connectivity index (χ0v) is 14.6. The molecule has 2 aromatic heterocycles. The molecule has 3 aromatic rings. The van der Waals surface area contributed by atoms with Gasteiger partial charge in [-0.1, -0.05) is 31.2 Å². The van der Waals surface area contributed by atoms with Crippen molar-refractivity contribution in [2.24, 2.45) is 0 Å². The van der Waals surface area contributed by atoms with Crippen LogP contribution in [0.5, 0.6) is 0 Å². The van der Waals surface area contributed by atoms with Gasteiger partial charge in [0.2, 0.25) is 0 Å². The first kappa shape index (κ1) is 17.2. The highest BCUT2D eigenvalue weighted by atomic mass is 16.3. The van der Waals surface area contributed by atoms with Gasteiger partial charge in [-0.25, -0.2) is 4.98 Å². The summed E-state index contributed by atoms with van der Waals surface area (Å²) in [7, 11) is 0. The van der Waals surface area contributed by atoms with E-state index in [9.17, 15) is 9.90 Å². The Hall–Kier alpha value is -2.66. The Kier molecular flexibility index (Phi) is 5.14. The predicted octanol–water partition coefficient (Wildman–Crippen LogP) is 2.78. The normalized spacial score (nSPS) is 12.3.